The Bertz CT molecular complexity index is 2660. The second-order valence-corrected chi connectivity index (χ2v) is 15.9. The third-order valence-corrected chi connectivity index (χ3v) is 11.2. The van der Waals surface area contributed by atoms with Gasteiger partial charge in [0.05, 0.1) is 24.7 Å². The Morgan fingerprint density at radius 1 is 0.657 bits per heavy atom. The van der Waals surface area contributed by atoms with Crippen LogP contribution in [-0.4, -0.2) is 131 Å². The van der Waals surface area contributed by atoms with Crippen LogP contribution in [0.3, 0.4) is 0 Å². The molecular formula is C45H52N12O10. The van der Waals surface area contributed by atoms with E-state index in [1.807, 2.05) is 48.5 Å². The van der Waals surface area contributed by atoms with Crippen molar-refractivity contribution in [3.8, 4) is 0 Å². The molecule has 8 rings (SSSR count). The van der Waals surface area contributed by atoms with Crippen LogP contribution in [0.15, 0.2) is 86.0 Å². The number of imidazole rings is 2. The predicted molar refractivity (Wildman–Crippen MR) is 241 cm³/mol. The van der Waals surface area contributed by atoms with Gasteiger partial charge in [-0.1, -0.05) is 36.4 Å². The lowest BCUT2D eigenvalue weighted by atomic mass is 10.0. The number of hydrogen-bond donors (Lipinski definition) is 12. The van der Waals surface area contributed by atoms with Crippen LogP contribution in [0.25, 0.3) is 21.8 Å². The molecule has 2 aliphatic rings. The van der Waals surface area contributed by atoms with E-state index in [-0.39, 0.29) is 49.4 Å². The topological polar surface area (TPSA) is 338 Å². The largest absolute Gasteiger partial charge is 0.480 e. The fourth-order valence-corrected chi connectivity index (χ4v) is 7.58. The number of rotatable bonds is 18. The van der Waals surface area contributed by atoms with Gasteiger partial charge in [-0.3, -0.25) is 24.0 Å². The van der Waals surface area contributed by atoms with Crippen molar-refractivity contribution in [2.75, 3.05) is 7.05 Å². The third kappa shape index (κ3) is 13.4. The highest BCUT2D eigenvalue weighted by Gasteiger charge is 2.33. The van der Waals surface area contributed by atoms with E-state index in [9.17, 15) is 48.6 Å². The van der Waals surface area contributed by atoms with Crippen LogP contribution < -0.4 is 31.9 Å². The summed E-state index contributed by atoms with van der Waals surface area (Å²) in [5.74, 6) is -4.01. The van der Waals surface area contributed by atoms with Crippen molar-refractivity contribution in [3.05, 3.63) is 108 Å². The lowest BCUT2D eigenvalue weighted by molar-refractivity contribution is -0.142. The minimum atomic E-state index is -1.20. The van der Waals surface area contributed by atoms with Gasteiger partial charge in [-0.2, -0.15) is 0 Å². The molecule has 5 amide bonds. The number of benzene rings is 2. The van der Waals surface area contributed by atoms with Gasteiger partial charge in [0.1, 0.15) is 30.5 Å². The number of likely N-dealkylation sites (N-methyl/N-ethyl adjacent to an activating group) is 1. The van der Waals surface area contributed by atoms with Gasteiger partial charge < -0.3 is 66.8 Å². The first-order valence-corrected chi connectivity index (χ1v) is 21.4. The second-order valence-electron chi connectivity index (χ2n) is 15.9. The van der Waals surface area contributed by atoms with E-state index in [0.717, 1.165) is 44.9 Å². The minimum Gasteiger partial charge on any atom is -0.480 e. The number of carbonyl (C=O) groups excluding carboxylic acids is 6. The van der Waals surface area contributed by atoms with Gasteiger partial charge in [-0.05, 0) is 43.1 Å². The summed E-state index contributed by atoms with van der Waals surface area (Å²) in [6, 6.07) is 10.4. The van der Waals surface area contributed by atoms with Gasteiger partial charge in [0, 0.05) is 96.5 Å². The Labute approximate surface area is 382 Å². The average molecular weight is 921 g/mol. The number of carbonyl (C=O) groups is 8. The molecule has 67 heavy (non-hydrogen) atoms. The summed E-state index contributed by atoms with van der Waals surface area (Å²) < 4.78 is 0. The van der Waals surface area contributed by atoms with Gasteiger partial charge in [0.25, 0.3) is 0 Å². The van der Waals surface area contributed by atoms with Crippen molar-refractivity contribution in [2.24, 2.45) is 0 Å². The minimum absolute atomic E-state index is 0.0119. The van der Waals surface area contributed by atoms with Crippen LogP contribution in [-0.2, 0) is 64.0 Å². The maximum atomic E-state index is 13.1. The number of carboxylic acids is 2. The van der Waals surface area contributed by atoms with Crippen LogP contribution in [0.1, 0.15) is 48.2 Å². The van der Waals surface area contributed by atoms with E-state index in [2.05, 4.69) is 61.8 Å². The van der Waals surface area contributed by atoms with Crippen molar-refractivity contribution >= 4 is 69.6 Å². The van der Waals surface area contributed by atoms with Gasteiger partial charge >= 0.3 is 11.9 Å². The number of hydrogen-bond acceptors (Lipinski definition) is 11. The molecule has 4 aromatic heterocycles. The molecule has 0 bridgehead atoms. The third-order valence-electron chi connectivity index (χ3n) is 11.2. The van der Waals surface area contributed by atoms with Gasteiger partial charge in [0.15, 0.2) is 0 Å². The van der Waals surface area contributed by atoms with E-state index in [1.54, 1.807) is 25.6 Å². The highest BCUT2D eigenvalue weighted by atomic mass is 16.4. The molecule has 6 atom stereocenters. The molecule has 2 fully saturated rings. The first-order chi connectivity index (χ1) is 32.3. The Kier molecular flexibility index (Phi) is 16.7. The number of H-pyrrole nitrogens is 4. The quantitative estimate of drug-likeness (QED) is 0.0517. The van der Waals surface area contributed by atoms with Crippen molar-refractivity contribution in [1.82, 2.24) is 61.8 Å². The molecule has 0 spiro atoms. The molecule has 2 aromatic carbocycles. The number of amides is 5. The Morgan fingerprint density at radius 2 is 1.15 bits per heavy atom. The Hall–Kier alpha value is -8.14. The van der Waals surface area contributed by atoms with Crippen molar-refractivity contribution in [3.63, 3.8) is 0 Å². The lowest BCUT2D eigenvalue weighted by Gasteiger charge is -2.22. The Morgan fingerprint density at radius 3 is 1.57 bits per heavy atom. The number of nitrogens with one attached hydrogen (secondary N) is 10. The first kappa shape index (κ1) is 48.3. The van der Waals surface area contributed by atoms with E-state index in [1.165, 1.54) is 18.9 Å². The summed E-state index contributed by atoms with van der Waals surface area (Å²) >= 11 is 0. The molecular weight excluding hydrogens is 869 g/mol. The Balaban J connectivity index is 0.000000193. The van der Waals surface area contributed by atoms with Gasteiger partial charge in [-0.25, -0.2) is 19.6 Å². The summed E-state index contributed by atoms with van der Waals surface area (Å²) in [7, 11) is 1.66. The van der Waals surface area contributed by atoms with Crippen molar-refractivity contribution in [2.45, 2.75) is 87.6 Å². The van der Waals surface area contributed by atoms with E-state index in [0.29, 0.717) is 31.4 Å². The number of aldehydes is 1. The molecule has 2 saturated heterocycles. The van der Waals surface area contributed by atoms with E-state index < -0.39 is 54.0 Å². The van der Waals surface area contributed by atoms with Crippen molar-refractivity contribution < 1.29 is 48.6 Å². The molecule has 6 heterocycles. The number of aromatic amines is 4. The zero-order valence-corrected chi connectivity index (χ0v) is 36.3. The monoisotopic (exact) mass is 920 g/mol. The lowest BCUT2D eigenvalue weighted by Crippen LogP contribution is -2.55. The van der Waals surface area contributed by atoms with Crippen LogP contribution >= 0.6 is 0 Å². The van der Waals surface area contributed by atoms with Gasteiger partial charge in [0.2, 0.25) is 29.5 Å². The molecule has 22 nitrogen and oxygen atoms in total. The molecule has 0 radical (unpaired) electrons. The zero-order chi connectivity index (χ0) is 47.9. The SMILES string of the molecule is CN[C@@H](Cc1cnc[nH]1)C(=O)N[C@@H](Cc1c[nH]c2ccccc12)C(=O)O.O=C1CC[C@@H](C(=O)N[C@@H](Cc2cnc[nH]2)C(=O)N[C@@H](Cc2c[nH]c3ccccc23)C(=O)O)N1.O=CC1CCC(=O)N1. The van der Waals surface area contributed by atoms with Crippen LogP contribution in [0.4, 0.5) is 0 Å². The molecule has 0 saturated carbocycles. The molecule has 352 valence electrons. The smallest absolute Gasteiger partial charge is 0.326 e. The number of carboxylic acid groups (broad SMARTS) is 2. The number of aromatic nitrogens is 6. The number of nitrogens with zero attached hydrogens (tertiary/aromatic N) is 2. The van der Waals surface area contributed by atoms with Gasteiger partial charge in [-0.15, -0.1) is 0 Å². The predicted octanol–water partition coefficient (Wildman–Crippen LogP) is 0.307. The zero-order valence-electron chi connectivity index (χ0n) is 36.3. The molecule has 1 unspecified atom stereocenters. The highest BCUT2D eigenvalue weighted by molar-refractivity contribution is 5.95. The molecule has 0 aliphatic carbocycles. The fraction of sp³-hybridized carbons (Fsp3) is 0.333. The molecule has 22 heteroatoms. The first-order valence-electron chi connectivity index (χ1n) is 21.4. The number of fused-ring (bicyclic) bond motifs is 2. The molecule has 2 aliphatic heterocycles. The van der Waals surface area contributed by atoms with Crippen LogP contribution in [0, 0.1) is 0 Å². The maximum Gasteiger partial charge on any atom is 0.326 e. The molecule has 6 aromatic rings. The van der Waals surface area contributed by atoms with Crippen LogP contribution in [0.2, 0.25) is 0 Å². The standard InChI is InChI=1S/C22H24N6O5.C18H21N5O3.C5H7NO2/c29-19-6-5-16(26-19)20(30)27-17(8-13-10-23-11-25-13)21(31)28-18(22(32)33)7-12-9-24-15-4-2-1-3-14(12)15;1-19-15(7-12-9-20-10-22-12)17(24)23-16(18(25)26)6-11-8-21-14-5-3-2-4-13(11)14;7-3-4-1-2-5(8)6-4/h1-4,9-11,16-18,24H,5-8H2,(H,23,25)(H,26,29)(H,27,30)(H,28,31)(H,32,33);2-5,8-10,15-16,19,21H,6-7H2,1H3,(H,20,22)(H,23,24)(H,25,26);3-4H,1-2H2,(H,6,8)/t16-,17-,18-;15-,16-;/m00./s1. The fourth-order valence-electron chi connectivity index (χ4n) is 7.58. The van der Waals surface area contributed by atoms with E-state index >= 15 is 0 Å². The summed E-state index contributed by atoms with van der Waals surface area (Å²) in [5.41, 5.74) is 4.79. The number of aliphatic carboxylic acids is 2. The van der Waals surface area contributed by atoms with Crippen LogP contribution in [0.5, 0.6) is 0 Å². The maximum absolute atomic E-state index is 13.1. The summed E-state index contributed by atoms with van der Waals surface area (Å²) in [4.78, 5) is 113. The average Bonchev–Trinajstić information content (AvgIpc) is 4.19. The summed E-state index contributed by atoms with van der Waals surface area (Å²) in [6.45, 7) is 0. The second kappa shape index (κ2) is 23.2. The summed E-state index contributed by atoms with van der Waals surface area (Å²) in [6.07, 6.45) is 12.9. The van der Waals surface area contributed by atoms with E-state index in [4.69, 9.17) is 0 Å². The number of para-hydroxylation sites is 2. The molecule has 12 N–H and O–H groups in total. The normalized spacial score (nSPS) is 17.0. The summed E-state index contributed by atoms with van der Waals surface area (Å²) in [5, 5.41) is 36.9. The van der Waals surface area contributed by atoms with Crippen molar-refractivity contribution in [1.29, 1.82) is 0 Å². The highest BCUT2D eigenvalue weighted by Crippen LogP contribution is 2.21.